The van der Waals surface area contributed by atoms with Crippen LogP contribution < -0.4 is 21.1 Å². The van der Waals surface area contributed by atoms with Crippen LogP contribution in [0.15, 0.2) is 118 Å². The summed E-state index contributed by atoms with van der Waals surface area (Å²) in [7, 11) is -1.57. The van der Waals surface area contributed by atoms with Gasteiger partial charge >= 0.3 is 5.51 Å². The largest absolute Gasteiger partial charge is 0.501 e. The highest BCUT2D eigenvalue weighted by atomic mass is 35.5. The predicted octanol–water partition coefficient (Wildman–Crippen LogP) is 11.6. The van der Waals surface area contributed by atoms with Crippen molar-refractivity contribution in [2.24, 2.45) is 7.05 Å². The number of alkyl halides is 3. The fourth-order valence-corrected chi connectivity index (χ4v) is 12.6. The molecule has 18 heteroatoms. The maximum atomic E-state index is 14.3. The number of carbonyl (C=O) groups excluding carboxylic acids is 1. The maximum absolute atomic E-state index is 14.3. The van der Waals surface area contributed by atoms with Crippen molar-refractivity contribution in [2.45, 2.75) is 93.5 Å². The molecule has 4 N–H and O–H groups in total. The number of aldehydes is 1. The molecule has 3 heterocycles. The van der Waals surface area contributed by atoms with Crippen molar-refractivity contribution in [3.63, 3.8) is 0 Å². The van der Waals surface area contributed by atoms with E-state index in [2.05, 4.69) is 79.5 Å². The first-order valence-electron chi connectivity index (χ1n) is 25.2. The van der Waals surface area contributed by atoms with Crippen LogP contribution in [0.4, 0.5) is 35.9 Å². The van der Waals surface area contributed by atoms with Crippen molar-refractivity contribution < 1.29 is 31.5 Å². The number of nitrogens with one attached hydrogen (secondary N) is 3. The second kappa shape index (κ2) is 23.5. The molecule has 1 aromatic heterocycles. The Morgan fingerprint density at radius 3 is 2.25 bits per heavy atom. The van der Waals surface area contributed by atoms with Gasteiger partial charge in [0.25, 0.3) is 9.84 Å². The second-order valence-electron chi connectivity index (χ2n) is 19.4. The van der Waals surface area contributed by atoms with Crippen molar-refractivity contribution in [1.82, 2.24) is 19.3 Å². The number of anilines is 4. The highest BCUT2D eigenvalue weighted by Gasteiger charge is 2.48. The van der Waals surface area contributed by atoms with Gasteiger partial charge in [-0.2, -0.15) is 13.2 Å². The number of benzene rings is 3. The molecule has 2 atom stereocenters. The number of sulfone groups is 1. The first kappa shape index (κ1) is 53.9. The van der Waals surface area contributed by atoms with Crippen LogP contribution in [0.2, 0.25) is 5.02 Å². The third kappa shape index (κ3) is 12.4. The Balaban J connectivity index is 0.954. The Kier molecular flexibility index (Phi) is 17.3. The number of allylic oxidation sites excluding steroid dienone is 5. The van der Waals surface area contributed by atoms with Crippen LogP contribution in [-0.2, 0) is 16.9 Å². The molecule has 2 saturated heterocycles. The van der Waals surface area contributed by atoms with E-state index in [1.54, 1.807) is 6.07 Å². The predicted molar refractivity (Wildman–Crippen MR) is 292 cm³/mol. The van der Waals surface area contributed by atoms with Gasteiger partial charge in [0.2, 0.25) is 0 Å². The van der Waals surface area contributed by atoms with E-state index in [1.165, 1.54) is 34.8 Å². The maximum Gasteiger partial charge on any atom is 0.501 e. The average molecular weight is 1060 g/mol. The quantitative estimate of drug-likeness (QED) is 0.0406. The number of halogens is 4. The van der Waals surface area contributed by atoms with E-state index >= 15 is 0 Å². The molecule has 0 amide bonds. The van der Waals surface area contributed by atoms with Gasteiger partial charge in [-0.3, -0.25) is 4.79 Å². The number of carbonyl (C=O) groups is 1. The van der Waals surface area contributed by atoms with Crippen LogP contribution in [0.5, 0.6) is 0 Å². The SMILES string of the molecule is CCCN(C)C1=C(C)C(c2c(C=O)c(C)n(C)c2-c2ccc(Cl)cc2)C=C(N2CCN(c3ccc(NNc4ccc(N[C@H](CCN5CCC(O)CC5)SC5=CCCC=C5)c(S(=O)(=O)C(F)(F)F)c4)cc3)CC2)C1. The smallest absolute Gasteiger partial charge is 0.393 e. The fraction of sp³-hybridized carbons (Fsp3) is 0.436. The lowest BCUT2D eigenvalue weighted by atomic mass is 9.81. The van der Waals surface area contributed by atoms with Crippen LogP contribution >= 0.6 is 23.4 Å². The molecular formula is C55H68ClF3N8O4S2. The van der Waals surface area contributed by atoms with E-state index < -0.39 is 25.6 Å². The van der Waals surface area contributed by atoms with Crippen molar-refractivity contribution in [3.8, 4) is 11.3 Å². The summed E-state index contributed by atoms with van der Waals surface area (Å²) in [4.78, 5) is 22.4. The third-order valence-corrected chi connectivity index (χ3v) is 17.6. The first-order chi connectivity index (χ1) is 34.9. The lowest BCUT2D eigenvalue weighted by molar-refractivity contribution is -0.0435. The van der Waals surface area contributed by atoms with E-state index in [9.17, 15) is 31.5 Å². The van der Waals surface area contributed by atoms with Crippen LogP contribution in [0, 0.1) is 6.92 Å². The van der Waals surface area contributed by atoms with Gasteiger partial charge in [-0.25, -0.2) is 8.42 Å². The second-order valence-corrected chi connectivity index (χ2v) is 23.1. The Hall–Kier alpha value is -5.33. The minimum Gasteiger partial charge on any atom is -0.393 e. The molecule has 8 rings (SSSR count). The molecular weight excluding hydrogens is 993 g/mol. The van der Waals surface area contributed by atoms with Gasteiger partial charge in [0.1, 0.15) is 4.90 Å². The molecule has 3 aromatic carbocycles. The monoisotopic (exact) mass is 1060 g/mol. The number of thioether (sulfide) groups is 1. The minimum atomic E-state index is -5.75. The molecule has 0 radical (unpaired) electrons. The van der Waals surface area contributed by atoms with E-state index in [0.29, 0.717) is 55.2 Å². The van der Waals surface area contributed by atoms with Crippen LogP contribution in [-0.4, -0.2) is 115 Å². The number of hydrazine groups is 1. The van der Waals surface area contributed by atoms with Gasteiger partial charge < -0.3 is 45.4 Å². The normalized spacial score (nSPS) is 18.6. The molecule has 0 spiro atoms. The topological polar surface area (TPSA) is 125 Å². The summed E-state index contributed by atoms with van der Waals surface area (Å²) in [5.41, 5.74) is 10.5. The Labute approximate surface area is 437 Å². The number of rotatable bonds is 19. The number of aromatic nitrogens is 1. The summed E-state index contributed by atoms with van der Waals surface area (Å²) in [5.74, 6) is -0.124. The summed E-state index contributed by atoms with van der Waals surface area (Å²) in [5, 5.41) is 13.4. The molecule has 0 bridgehead atoms. The minimum absolute atomic E-state index is 0.124. The summed E-state index contributed by atoms with van der Waals surface area (Å²) >= 11 is 7.79. The van der Waals surface area contributed by atoms with Crippen LogP contribution in [0.25, 0.3) is 11.3 Å². The number of piperazine rings is 1. The molecule has 4 aliphatic rings. The third-order valence-electron chi connectivity index (χ3n) is 14.6. The Morgan fingerprint density at radius 2 is 1.60 bits per heavy atom. The molecule has 73 heavy (non-hydrogen) atoms. The number of hydrogen-bond donors (Lipinski definition) is 4. The number of likely N-dealkylation sites (tertiary alicyclic amines) is 1. The highest BCUT2D eigenvalue weighted by Crippen LogP contribution is 2.45. The Morgan fingerprint density at radius 1 is 0.932 bits per heavy atom. The highest BCUT2D eigenvalue weighted by molar-refractivity contribution is 8.04. The number of nitrogens with zero attached hydrogens (tertiary/aromatic N) is 5. The standard InChI is InChI=1S/C55H68ClF3N8O4S2/c1-6-25-63(4)50-35-44(34-47(37(50)2)53-48(36-68)38(3)64(5)54(53)39-12-14-40(56)15-13-39)67-31-29-66(30-32-67)43-19-16-41(17-20-43)61-62-42-18-21-49(51(33-42)73(70,71)55(57,58)59)60-52(72-46-10-8-7-9-11-46)24-28-65-26-22-45(69)23-27-65/h8,10-21,33-34,36,45,47,52,60-62,69H,6-7,9,22-32,35H2,1-5H3/t47?,52-/m0/s1. The Bertz CT molecular complexity index is 2830. The number of hydrogen-bond acceptors (Lipinski definition) is 12. The molecule has 4 aromatic rings. The van der Waals surface area contributed by atoms with Crippen molar-refractivity contribution >= 4 is 62.2 Å². The lowest BCUT2D eigenvalue weighted by Crippen LogP contribution is -2.46. The van der Waals surface area contributed by atoms with Gasteiger partial charge in [-0.05, 0) is 124 Å². The molecule has 12 nitrogen and oxygen atoms in total. The molecule has 1 unspecified atom stereocenters. The van der Waals surface area contributed by atoms with Crippen LogP contribution in [0.3, 0.4) is 0 Å². The average Bonchev–Trinajstić information content (AvgIpc) is 3.64. The van der Waals surface area contributed by atoms with Gasteiger partial charge in [0.05, 0.1) is 34.2 Å². The molecule has 392 valence electrons. The number of piperidine rings is 1. The zero-order chi connectivity index (χ0) is 52.0. The van der Waals surface area contributed by atoms with E-state index in [-0.39, 0.29) is 23.4 Å². The van der Waals surface area contributed by atoms with E-state index in [0.717, 1.165) is 104 Å². The van der Waals surface area contributed by atoms with Crippen molar-refractivity contribution in [3.05, 3.63) is 135 Å². The van der Waals surface area contributed by atoms with Gasteiger partial charge in [0.15, 0.2) is 6.29 Å². The van der Waals surface area contributed by atoms with Crippen LogP contribution in [0.1, 0.15) is 86.3 Å². The number of aliphatic hydroxyl groups is 1. The lowest BCUT2D eigenvalue weighted by Gasteiger charge is -2.42. The van der Waals surface area contributed by atoms with Gasteiger partial charge in [-0.1, -0.05) is 55.0 Å². The summed E-state index contributed by atoms with van der Waals surface area (Å²) < 4.78 is 71.3. The van der Waals surface area contributed by atoms with Crippen molar-refractivity contribution in [1.29, 1.82) is 0 Å². The van der Waals surface area contributed by atoms with E-state index in [1.807, 2.05) is 68.6 Å². The zero-order valence-corrected chi connectivity index (χ0v) is 44.7. The zero-order valence-electron chi connectivity index (χ0n) is 42.3. The van der Waals surface area contributed by atoms with Gasteiger partial charge in [-0.15, -0.1) is 11.8 Å². The van der Waals surface area contributed by atoms with E-state index in [4.69, 9.17) is 11.6 Å². The molecule has 0 saturated carbocycles. The molecule has 2 aliphatic carbocycles. The number of aliphatic hydroxyl groups excluding tert-OH is 1. The fourth-order valence-electron chi connectivity index (χ4n) is 10.4. The summed E-state index contributed by atoms with van der Waals surface area (Å²) in [6.45, 7) is 12.5. The molecule has 2 fully saturated rings. The van der Waals surface area contributed by atoms with Gasteiger partial charge in [0, 0.05) is 117 Å². The summed E-state index contributed by atoms with van der Waals surface area (Å²) in [6.07, 6.45) is 14.5. The molecule has 2 aliphatic heterocycles. The van der Waals surface area contributed by atoms with Crippen molar-refractivity contribution in [2.75, 3.05) is 80.5 Å². The summed E-state index contributed by atoms with van der Waals surface area (Å²) in [6, 6.07) is 19.5. The first-order valence-corrected chi connectivity index (χ1v) is 28.0.